The van der Waals surface area contributed by atoms with Crippen molar-refractivity contribution < 1.29 is 13.2 Å². The first-order valence-corrected chi connectivity index (χ1v) is 8.06. The molecule has 1 aliphatic heterocycles. The molecule has 0 spiro atoms. The molecule has 2 rings (SSSR count). The van der Waals surface area contributed by atoms with Crippen LogP contribution >= 0.6 is 12.4 Å². The molecular formula is C13H20ClN3O3S. The van der Waals surface area contributed by atoms with Gasteiger partial charge in [-0.1, -0.05) is 0 Å². The smallest absolute Gasteiger partial charge is 0.240 e. The van der Waals surface area contributed by atoms with Gasteiger partial charge in [-0.2, -0.15) is 0 Å². The number of piperidine rings is 1. The van der Waals surface area contributed by atoms with Gasteiger partial charge in [0.05, 0.1) is 4.90 Å². The largest absolute Gasteiger partial charge is 0.326 e. The van der Waals surface area contributed by atoms with E-state index in [0.717, 1.165) is 19.4 Å². The molecule has 0 unspecified atom stereocenters. The van der Waals surface area contributed by atoms with Crippen LogP contribution in [0.15, 0.2) is 29.2 Å². The molecule has 1 aliphatic rings. The molecule has 0 bridgehead atoms. The summed E-state index contributed by atoms with van der Waals surface area (Å²) in [6, 6.07) is 6.07. The van der Waals surface area contributed by atoms with E-state index in [1.54, 1.807) is 12.1 Å². The predicted molar refractivity (Wildman–Crippen MR) is 84.2 cm³/mol. The van der Waals surface area contributed by atoms with E-state index in [4.69, 9.17) is 0 Å². The Bertz CT molecular complexity index is 569. The molecule has 0 saturated carbocycles. The third-order valence-electron chi connectivity index (χ3n) is 3.10. The van der Waals surface area contributed by atoms with E-state index in [1.165, 1.54) is 19.1 Å². The van der Waals surface area contributed by atoms with Gasteiger partial charge in [-0.05, 0) is 43.7 Å². The summed E-state index contributed by atoms with van der Waals surface area (Å²) in [4.78, 5) is 11.1. The molecule has 118 valence electrons. The fourth-order valence-electron chi connectivity index (χ4n) is 2.16. The van der Waals surface area contributed by atoms with Crippen molar-refractivity contribution >= 4 is 34.0 Å². The highest BCUT2D eigenvalue weighted by Gasteiger charge is 2.21. The van der Waals surface area contributed by atoms with Gasteiger partial charge in [-0.15, -0.1) is 12.4 Å². The summed E-state index contributed by atoms with van der Waals surface area (Å²) >= 11 is 0. The summed E-state index contributed by atoms with van der Waals surface area (Å²) < 4.78 is 27.1. The molecule has 3 N–H and O–H groups in total. The zero-order valence-electron chi connectivity index (χ0n) is 11.8. The van der Waals surface area contributed by atoms with Crippen molar-refractivity contribution in [3.8, 4) is 0 Å². The van der Waals surface area contributed by atoms with Gasteiger partial charge in [0.15, 0.2) is 0 Å². The SMILES string of the molecule is CC(=O)Nc1ccc(S(=O)(=O)N[C@@H]2CCCNC2)cc1.Cl. The Hall–Kier alpha value is -1.15. The number of sulfonamides is 1. The summed E-state index contributed by atoms with van der Waals surface area (Å²) in [5.41, 5.74) is 0.579. The van der Waals surface area contributed by atoms with Crippen molar-refractivity contribution in [2.45, 2.75) is 30.7 Å². The molecular weight excluding hydrogens is 314 g/mol. The third kappa shape index (κ3) is 5.28. The number of anilines is 1. The highest BCUT2D eigenvalue weighted by molar-refractivity contribution is 7.89. The van der Waals surface area contributed by atoms with Crippen LogP contribution in [0, 0.1) is 0 Å². The maximum atomic E-state index is 12.2. The van der Waals surface area contributed by atoms with Gasteiger partial charge in [0.1, 0.15) is 0 Å². The van der Waals surface area contributed by atoms with Crippen LogP contribution in [0.4, 0.5) is 5.69 Å². The maximum Gasteiger partial charge on any atom is 0.240 e. The van der Waals surface area contributed by atoms with Crippen molar-refractivity contribution in [3.05, 3.63) is 24.3 Å². The Labute approximate surface area is 131 Å². The van der Waals surface area contributed by atoms with Crippen molar-refractivity contribution in [2.24, 2.45) is 0 Å². The van der Waals surface area contributed by atoms with E-state index < -0.39 is 10.0 Å². The Kier molecular flexibility index (Phi) is 6.60. The Morgan fingerprint density at radius 3 is 2.48 bits per heavy atom. The van der Waals surface area contributed by atoms with Crippen LogP contribution in [-0.2, 0) is 14.8 Å². The van der Waals surface area contributed by atoms with Crippen molar-refractivity contribution in [3.63, 3.8) is 0 Å². The summed E-state index contributed by atoms with van der Waals surface area (Å²) in [5.74, 6) is -0.188. The van der Waals surface area contributed by atoms with Crippen molar-refractivity contribution in [2.75, 3.05) is 18.4 Å². The van der Waals surface area contributed by atoms with E-state index in [0.29, 0.717) is 12.2 Å². The molecule has 6 nitrogen and oxygen atoms in total. The van der Waals surface area contributed by atoms with Crippen LogP contribution in [0.2, 0.25) is 0 Å². The number of hydrogen-bond donors (Lipinski definition) is 3. The number of hydrogen-bond acceptors (Lipinski definition) is 4. The van der Waals surface area contributed by atoms with Crippen molar-refractivity contribution in [1.82, 2.24) is 10.0 Å². The molecule has 21 heavy (non-hydrogen) atoms. The second-order valence-corrected chi connectivity index (χ2v) is 6.58. The molecule has 0 aromatic heterocycles. The standard InChI is InChI=1S/C13H19N3O3S.ClH/c1-10(17)15-11-4-6-13(7-5-11)20(18,19)16-12-3-2-8-14-9-12;/h4-7,12,14,16H,2-3,8-9H2,1H3,(H,15,17);1H/t12-;/m1./s1. The minimum Gasteiger partial charge on any atom is -0.326 e. The molecule has 1 aromatic rings. The van der Waals surface area contributed by atoms with Crippen LogP contribution in [0.1, 0.15) is 19.8 Å². The first-order chi connectivity index (χ1) is 9.47. The summed E-state index contributed by atoms with van der Waals surface area (Å²) in [5, 5.41) is 5.77. The van der Waals surface area contributed by atoms with Gasteiger partial charge in [0, 0.05) is 25.2 Å². The monoisotopic (exact) mass is 333 g/mol. The van der Waals surface area contributed by atoms with Crippen LogP contribution in [0.5, 0.6) is 0 Å². The number of carbonyl (C=O) groups excluding carboxylic acids is 1. The van der Waals surface area contributed by atoms with Crippen LogP contribution in [-0.4, -0.2) is 33.5 Å². The highest BCUT2D eigenvalue weighted by atomic mass is 35.5. The Balaban J connectivity index is 0.00000220. The predicted octanol–water partition coefficient (Wildman–Crippen LogP) is 1.10. The molecule has 0 aliphatic carbocycles. The fourth-order valence-corrected chi connectivity index (χ4v) is 3.43. The van der Waals surface area contributed by atoms with Gasteiger partial charge < -0.3 is 10.6 Å². The second kappa shape index (κ2) is 7.74. The quantitative estimate of drug-likeness (QED) is 0.770. The summed E-state index contributed by atoms with van der Waals surface area (Å²) in [6.07, 6.45) is 1.81. The van der Waals surface area contributed by atoms with Gasteiger partial charge in [0.25, 0.3) is 0 Å². The first-order valence-electron chi connectivity index (χ1n) is 6.58. The second-order valence-electron chi connectivity index (χ2n) is 4.87. The zero-order chi connectivity index (χ0) is 14.6. The first kappa shape index (κ1) is 17.9. The topological polar surface area (TPSA) is 87.3 Å². The number of amides is 1. The van der Waals surface area contributed by atoms with Crippen molar-refractivity contribution in [1.29, 1.82) is 0 Å². The molecule has 1 saturated heterocycles. The minimum absolute atomic E-state index is 0. The van der Waals surface area contributed by atoms with Crippen LogP contribution < -0.4 is 15.4 Å². The van der Waals surface area contributed by atoms with Gasteiger partial charge >= 0.3 is 0 Å². The molecule has 1 atom stereocenters. The van der Waals surface area contributed by atoms with E-state index in [-0.39, 0.29) is 29.3 Å². The van der Waals surface area contributed by atoms with Gasteiger partial charge in [-0.3, -0.25) is 4.79 Å². The Morgan fingerprint density at radius 1 is 1.29 bits per heavy atom. The lowest BCUT2D eigenvalue weighted by Gasteiger charge is -2.23. The molecule has 1 aromatic carbocycles. The average molecular weight is 334 g/mol. The summed E-state index contributed by atoms with van der Waals surface area (Å²) in [6.45, 7) is 3.00. The van der Waals surface area contributed by atoms with Gasteiger partial charge in [0.2, 0.25) is 15.9 Å². The fraction of sp³-hybridized carbons (Fsp3) is 0.462. The van der Waals surface area contributed by atoms with Gasteiger partial charge in [-0.25, -0.2) is 13.1 Å². The lowest BCUT2D eigenvalue weighted by Crippen LogP contribution is -2.45. The number of halogens is 1. The molecule has 1 heterocycles. The van der Waals surface area contributed by atoms with Crippen LogP contribution in [0.3, 0.4) is 0 Å². The van der Waals surface area contributed by atoms with E-state index >= 15 is 0 Å². The minimum atomic E-state index is -3.51. The van der Waals surface area contributed by atoms with E-state index in [9.17, 15) is 13.2 Å². The number of carbonyl (C=O) groups is 1. The maximum absolute atomic E-state index is 12.2. The summed E-state index contributed by atoms with van der Waals surface area (Å²) in [7, 11) is -3.51. The molecule has 0 radical (unpaired) electrons. The lowest BCUT2D eigenvalue weighted by atomic mass is 10.1. The molecule has 1 fully saturated rings. The average Bonchev–Trinajstić information content (AvgIpc) is 2.39. The molecule has 8 heteroatoms. The third-order valence-corrected chi connectivity index (χ3v) is 4.64. The number of nitrogens with one attached hydrogen (secondary N) is 3. The number of benzene rings is 1. The normalized spacial score (nSPS) is 18.6. The Morgan fingerprint density at radius 2 is 1.95 bits per heavy atom. The number of rotatable bonds is 4. The van der Waals surface area contributed by atoms with E-state index in [1.807, 2.05) is 0 Å². The molecule has 1 amide bonds. The van der Waals surface area contributed by atoms with E-state index in [2.05, 4.69) is 15.4 Å². The zero-order valence-corrected chi connectivity index (χ0v) is 13.4. The highest BCUT2D eigenvalue weighted by Crippen LogP contribution is 2.15. The van der Waals surface area contributed by atoms with Crippen LogP contribution in [0.25, 0.3) is 0 Å². The lowest BCUT2D eigenvalue weighted by molar-refractivity contribution is -0.114.